The predicted molar refractivity (Wildman–Crippen MR) is 91.2 cm³/mol. The number of carbonyl (C=O) groups excluding carboxylic acids is 2. The van der Waals surface area contributed by atoms with Crippen molar-refractivity contribution in [1.82, 2.24) is 5.32 Å². The minimum atomic E-state index is -0.156. The topological polar surface area (TPSA) is 58.2 Å². The van der Waals surface area contributed by atoms with E-state index < -0.39 is 0 Å². The maximum absolute atomic E-state index is 12.3. The number of carbonyl (C=O) groups is 2. The van der Waals surface area contributed by atoms with Gasteiger partial charge in [-0.25, -0.2) is 0 Å². The standard InChI is InChI=1S/C19H26N2O2/c1-11-6-12(2)18(13(3)7-11)21-17(22)10-20-19(23)16-9-14-4-5-15(16)8-14/h6-7,14-16H,4-5,8-10H2,1-3H3,(H,20,23)(H,21,22). The lowest BCUT2D eigenvalue weighted by Crippen LogP contribution is -2.38. The fourth-order valence-electron chi connectivity index (χ4n) is 4.43. The van der Waals surface area contributed by atoms with Crippen LogP contribution in [0.25, 0.3) is 0 Å². The Balaban J connectivity index is 1.53. The molecule has 2 bridgehead atoms. The van der Waals surface area contributed by atoms with Crippen LogP contribution in [0, 0.1) is 38.5 Å². The van der Waals surface area contributed by atoms with Crippen LogP contribution < -0.4 is 10.6 Å². The Morgan fingerprint density at radius 1 is 1.09 bits per heavy atom. The average molecular weight is 314 g/mol. The summed E-state index contributed by atoms with van der Waals surface area (Å²) in [6.07, 6.45) is 4.66. The SMILES string of the molecule is Cc1cc(C)c(NC(=O)CNC(=O)C2CC3CCC2C3)c(C)c1. The normalized spacial score (nSPS) is 25.4. The van der Waals surface area contributed by atoms with Crippen molar-refractivity contribution in [3.8, 4) is 0 Å². The van der Waals surface area contributed by atoms with Crippen LogP contribution in [-0.2, 0) is 9.59 Å². The summed E-state index contributed by atoms with van der Waals surface area (Å²) < 4.78 is 0. The van der Waals surface area contributed by atoms with Crippen LogP contribution in [0.4, 0.5) is 5.69 Å². The number of anilines is 1. The molecule has 0 aromatic heterocycles. The molecule has 2 saturated carbocycles. The summed E-state index contributed by atoms with van der Waals surface area (Å²) in [5.74, 6) is 1.32. The Morgan fingerprint density at radius 3 is 2.35 bits per heavy atom. The van der Waals surface area contributed by atoms with Crippen molar-refractivity contribution >= 4 is 17.5 Å². The molecule has 2 aliphatic carbocycles. The highest BCUT2D eigenvalue weighted by Gasteiger charge is 2.42. The molecule has 2 fully saturated rings. The summed E-state index contributed by atoms with van der Waals surface area (Å²) in [5, 5.41) is 5.76. The summed E-state index contributed by atoms with van der Waals surface area (Å²) in [5.41, 5.74) is 4.14. The second-order valence-electron chi connectivity index (χ2n) is 7.32. The van der Waals surface area contributed by atoms with Gasteiger partial charge in [-0.1, -0.05) is 24.1 Å². The molecule has 4 heteroatoms. The van der Waals surface area contributed by atoms with Crippen LogP contribution in [0.15, 0.2) is 12.1 Å². The van der Waals surface area contributed by atoms with Crippen molar-refractivity contribution in [1.29, 1.82) is 0 Å². The zero-order valence-corrected chi connectivity index (χ0v) is 14.2. The molecular formula is C19H26N2O2. The third kappa shape index (κ3) is 3.41. The molecule has 1 aromatic rings. The molecule has 2 N–H and O–H groups in total. The second kappa shape index (κ2) is 6.34. The van der Waals surface area contributed by atoms with Crippen LogP contribution in [-0.4, -0.2) is 18.4 Å². The third-order valence-electron chi connectivity index (χ3n) is 5.44. The molecule has 4 nitrogen and oxygen atoms in total. The van der Waals surface area contributed by atoms with E-state index >= 15 is 0 Å². The first-order valence-corrected chi connectivity index (χ1v) is 8.59. The predicted octanol–water partition coefficient (Wildman–Crippen LogP) is 3.10. The lowest BCUT2D eigenvalue weighted by Gasteiger charge is -2.20. The van der Waals surface area contributed by atoms with Gasteiger partial charge in [-0.3, -0.25) is 9.59 Å². The van der Waals surface area contributed by atoms with E-state index in [-0.39, 0.29) is 24.3 Å². The number of fused-ring (bicyclic) bond motifs is 2. The van der Waals surface area contributed by atoms with Crippen molar-refractivity contribution < 1.29 is 9.59 Å². The van der Waals surface area contributed by atoms with Gasteiger partial charge in [0.1, 0.15) is 0 Å². The zero-order valence-electron chi connectivity index (χ0n) is 14.2. The molecule has 0 radical (unpaired) electrons. The average Bonchev–Trinajstić information content (AvgIpc) is 3.11. The highest BCUT2D eigenvalue weighted by atomic mass is 16.2. The number of rotatable bonds is 4. The molecule has 0 aliphatic heterocycles. The first-order valence-electron chi connectivity index (χ1n) is 8.59. The van der Waals surface area contributed by atoms with Gasteiger partial charge in [-0.15, -0.1) is 0 Å². The van der Waals surface area contributed by atoms with Crippen LogP contribution >= 0.6 is 0 Å². The molecule has 0 heterocycles. The summed E-state index contributed by atoms with van der Waals surface area (Å²) in [6, 6.07) is 4.10. The number of benzene rings is 1. The van der Waals surface area contributed by atoms with Crippen molar-refractivity contribution in [3.05, 3.63) is 28.8 Å². The highest BCUT2D eigenvalue weighted by molar-refractivity contribution is 5.96. The summed E-state index contributed by atoms with van der Waals surface area (Å²) in [6.45, 7) is 6.08. The van der Waals surface area contributed by atoms with E-state index in [4.69, 9.17) is 0 Å². The van der Waals surface area contributed by atoms with E-state index in [0.29, 0.717) is 5.92 Å². The van der Waals surface area contributed by atoms with Gasteiger partial charge < -0.3 is 10.6 Å². The van der Waals surface area contributed by atoms with E-state index in [2.05, 4.69) is 22.8 Å². The molecule has 3 unspecified atom stereocenters. The van der Waals surface area contributed by atoms with E-state index in [0.717, 1.165) is 29.2 Å². The number of aryl methyl sites for hydroxylation is 3. The van der Waals surface area contributed by atoms with Crippen molar-refractivity contribution in [3.63, 3.8) is 0 Å². The molecule has 1 aromatic carbocycles. The first-order chi connectivity index (χ1) is 10.9. The monoisotopic (exact) mass is 314 g/mol. The van der Waals surface area contributed by atoms with Crippen LogP contribution in [0.2, 0.25) is 0 Å². The Hall–Kier alpha value is -1.84. The van der Waals surface area contributed by atoms with Crippen LogP contribution in [0.1, 0.15) is 42.4 Å². The molecule has 3 atom stereocenters. The van der Waals surface area contributed by atoms with Crippen molar-refractivity contribution in [2.75, 3.05) is 11.9 Å². The van der Waals surface area contributed by atoms with E-state index in [9.17, 15) is 9.59 Å². The van der Waals surface area contributed by atoms with Gasteiger partial charge in [0.15, 0.2) is 0 Å². The summed E-state index contributed by atoms with van der Waals surface area (Å²) in [7, 11) is 0. The molecule has 0 spiro atoms. The van der Waals surface area contributed by atoms with Crippen LogP contribution in [0.5, 0.6) is 0 Å². The fraction of sp³-hybridized carbons (Fsp3) is 0.579. The van der Waals surface area contributed by atoms with Crippen molar-refractivity contribution in [2.45, 2.75) is 46.5 Å². The maximum Gasteiger partial charge on any atom is 0.243 e. The summed E-state index contributed by atoms with van der Waals surface area (Å²) in [4.78, 5) is 24.4. The smallest absolute Gasteiger partial charge is 0.243 e. The van der Waals surface area contributed by atoms with Gasteiger partial charge in [0.2, 0.25) is 11.8 Å². The van der Waals surface area contributed by atoms with Gasteiger partial charge in [-0.05, 0) is 63.0 Å². The Morgan fingerprint density at radius 2 is 1.78 bits per heavy atom. The van der Waals surface area contributed by atoms with E-state index in [1.807, 2.05) is 20.8 Å². The maximum atomic E-state index is 12.3. The quantitative estimate of drug-likeness (QED) is 0.897. The number of hydrogen-bond donors (Lipinski definition) is 2. The largest absolute Gasteiger partial charge is 0.347 e. The van der Waals surface area contributed by atoms with Gasteiger partial charge in [0.05, 0.1) is 6.54 Å². The van der Waals surface area contributed by atoms with Gasteiger partial charge >= 0.3 is 0 Å². The minimum Gasteiger partial charge on any atom is -0.347 e. The lowest BCUT2D eigenvalue weighted by molar-refractivity contribution is -0.128. The molecule has 124 valence electrons. The zero-order chi connectivity index (χ0) is 16.6. The highest BCUT2D eigenvalue weighted by Crippen LogP contribution is 2.48. The summed E-state index contributed by atoms with van der Waals surface area (Å²) >= 11 is 0. The number of nitrogens with one attached hydrogen (secondary N) is 2. The molecular weight excluding hydrogens is 288 g/mol. The molecule has 23 heavy (non-hydrogen) atoms. The lowest BCUT2D eigenvalue weighted by atomic mass is 9.88. The van der Waals surface area contributed by atoms with E-state index in [1.165, 1.54) is 24.8 Å². The minimum absolute atomic E-state index is 0.0550. The Bertz CT molecular complexity index is 615. The molecule has 2 amide bonds. The van der Waals surface area contributed by atoms with E-state index in [1.54, 1.807) is 0 Å². The first kappa shape index (κ1) is 16.0. The second-order valence-corrected chi connectivity index (χ2v) is 7.32. The van der Waals surface area contributed by atoms with Gasteiger partial charge in [-0.2, -0.15) is 0 Å². The van der Waals surface area contributed by atoms with Gasteiger partial charge in [0.25, 0.3) is 0 Å². The Kier molecular flexibility index (Phi) is 4.42. The molecule has 3 rings (SSSR count). The van der Waals surface area contributed by atoms with Gasteiger partial charge in [0, 0.05) is 11.6 Å². The third-order valence-corrected chi connectivity index (χ3v) is 5.44. The number of hydrogen-bond acceptors (Lipinski definition) is 2. The number of amides is 2. The molecule has 2 aliphatic rings. The Labute approximate surface area is 138 Å². The van der Waals surface area contributed by atoms with Crippen LogP contribution in [0.3, 0.4) is 0 Å². The fourth-order valence-corrected chi connectivity index (χ4v) is 4.43. The molecule has 0 saturated heterocycles. The van der Waals surface area contributed by atoms with Crippen molar-refractivity contribution in [2.24, 2.45) is 17.8 Å².